The van der Waals surface area contributed by atoms with Crippen LogP contribution in [0.2, 0.25) is 0 Å². The van der Waals surface area contributed by atoms with Crippen molar-refractivity contribution in [3.63, 3.8) is 0 Å². The molecule has 0 saturated carbocycles. The first kappa shape index (κ1) is 15.7. The molecule has 19 heavy (non-hydrogen) atoms. The van der Waals surface area contributed by atoms with Crippen LogP contribution in [0, 0.1) is 6.92 Å². The van der Waals surface area contributed by atoms with Crippen LogP contribution in [0.5, 0.6) is 0 Å². The van der Waals surface area contributed by atoms with E-state index in [-0.39, 0.29) is 5.54 Å². The number of hydrogen-bond acceptors (Lipinski definition) is 5. The molecule has 0 bridgehead atoms. The summed E-state index contributed by atoms with van der Waals surface area (Å²) in [7, 11) is 2.06. The minimum Gasteiger partial charge on any atom is -0.364 e. The number of aryl methyl sites for hydroxylation is 1. The average molecular weight is 265 g/mol. The predicted octanol–water partition coefficient (Wildman–Crippen LogP) is 2.17. The number of aromatic nitrogens is 2. The van der Waals surface area contributed by atoms with Crippen LogP contribution >= 0.6 is 0 Å². The first-order chi connectivity index (χ1) is 8.88. The number of anilines is 2. The van der Waals surface area contributed by atoms with E-state index in [2.05, 4.69) is 48.0 Å². The highest BCUT2D eigenvalue weighted by Gasteiger charge is 2.16. The molecular formula is C14H27N5. The largest absolute Gasteiger partial charge is 0.364 e. The Hall–Kier alpha value is -1.36. The highest BCUT2D eigenvalue weighted by Crippen LogP contribution is 2.18. The summed E-state index contributed by atoms with van der Waals surface area (Å²) in [6.45, 7) is 9.78. The molecule has 3 N–H and O–H groups in total. The molecule has 1 aromatic heterocycles. The fourth-order valence-corrected chi connectivity index (χ4v) is 1.72. The Kier molecular flexibility index (Phi) is 5.54. The molecule has 0 aromatic carbocycles. The number of rotatable bonds is 7. The molecule has 0 aliphatic heterocycles. The van der Waals surface area contributed by atoms with Crippen molar-refractivity contribution in [2.24, 2.45) is 5.73 Å². The number of nitrogens with two attached hydrogens (primary N) is 1. The van der Waals surface area contributed by atoms with Crippen LogP contribution < -0.4 is 16.0 Å². The van der Waals surface area contributed by atoms with Crippen LogP contribution in [-0.2, 0) is 0 Å². The summed E-state index contributed by atoms with van der Waals surface area (Å²) in [5, 5.41) is 3.36. The molecule has 1 heterocycles. The maximum Gasteiger partial charge on any atom is 0.134 e. The minimum atomic E-state index is -0.167. The van der Waals surface area contributed by atoms with Crippen molar-refractivity contribution >= 4 is 11.6 Å². The van der Waals surface area contributed by atoms with Crippen LogP contribution in [0.1, 0.15) is 39.4 Å². The molecule has 0 radical (unpaired) electrons. The summed E-state index contributed by atoms with van der Waals surface area (Å²) in [5.74, 6) is 2.56. The van der Waals surface area contributed by atoms with Crippen molar-refractivity contribution in [3.05, 3.63) is 11.9 Å². The number of hydrogen-bond donors (Lipinski definition) is 2. The van der Waals surface area contributed by atoms with Crippen molar-refractivity contribution < 1.29 is 0 Å². The van der Waals surface area contributed by atoms with Gasteiger partial charge in [0.2, 0.25) is 0 Å². The Morgan fingerprint density at radius 1 is 1.37 bits per heavy atom. The van der Waals surface area contributed by atoms with Gasteiger partial charge in [0.25, 0.3) is 0 Å². The number of unbranched alkanes of at least 4 members (excludes halogenated alkanes) is 1. The van der Waals surface area contributed by atoms with Gasteiger partial charge in [-0.05, 0) is 27.2 Å². The van der Waals surface area contributed by atoms with Gasteiger partial charge in [0.05, 0.1) is 0 Å². The molecule has 0 aliphatic rings. The first-order valence-corrected chi connectivity index (χ1v) is 6.93. The van der Waals surface area contributed by atoms with Crippen LogP contribution in [0.3, 0.4) is 0 Å². The van der Waals surface area contributed by atoms with Crippen molar-refractivity contribution in [3.8, 4) is 0 Å². The van der Waals surface area contributed by atoms with Gasteiger partial charge in [0.15, 0.2) is 0 Å². The van der Waals surface area contributed by atoms with E-state index in [1.807, 2.05) is 13.0 Å². The normalized spacial score (nSPS) is 11.5. The summed E-state index contributed by atoms with van der Waals surface area (Å²) >= 11 is 0. The van der Waals surface area contributed by atoms with E-state index in [9.17, 15) is 0 Å². The molecule has 1 aromatic rings. The smallest absolute Gasteiger partial charge is 0.134 e. The summed E-state index contributed by atoms with van der Waals surface area (Å²) < 4.78 is 0. The molecule has 108 valence electrons. The minimum absolute atomic E-state index is 0.167. The maximum atomic E-state index is 5.74. The second-order valence-electron chi connectivity index (χ2n) is 5.65. The molecular weight excluding hydrogens is 238 g/mol. The second kappa shape index (κ2) is 6.70. The van der Waals surface area contributed by atoms with Crippen molar-refractivity contribution in [2.75, 3.05) is 30.4 Å². The van der Waals surface area contributed by atoms with Gasteiger partial charge < -0.3 is 16.0 Å². The fourth-order valence-electron chi connectivity index (χ4n) is 1.72. The van der Waals surface area contributed by atoms with E-state index in [0.29, 0.717) is 6.54 Å². The SMILES string of the molecule is CCCCN(C)c1cc(NC(C)(C)CN)nc(C)n1. The van der Waals surface area contributed by atoms with Gasteiger partial charge in [-0.25, -0.2) is 9.97 Å². The Bertz CT molecular complexity index is 403. The Labute approximate surface area is 116 Å². The highest BCUT2D eigenvalue weighted by atomic mass is 15.2. The molecule has 5 nitrogen and oxygen atoms in total. The van der Waals surface area contributed by atoms with E-state index < -0.39 is 0 Å². The first-order valence-electron chi connectivity index (χ1n) is 6.93. The lowest BCUT2D eigenvalue weighted by atomic mass is 10.1. The van der Waals surface area contributed by atoms with Gasteiger partial charge >= 0.3 is 0 Å². The monoisotopic (exact) mass is 265 g/mol. The van der Waals surface area contributed by atoms with Crippen molar-refractivity contribution in [1.82, 2.24) is 9.97 Å². The zero-order valence-corrected chi connectivity index (χ0v) is 12.8. The molecule has 0 spiro atoms. The van der Waals surface area contributed by atoms with E-state index in [0.717, 1.165) is 30.4 Å². The Morgan fingerprint density at radius 2 is 2.05 bits per heavy atom. The molecule has 0 amide bonds. The van der Waals surface area contributed by atoms with Crippen molar-refractivity contribution in [2.45, 2.75) is 46.1 Å². The zero-order valence-electron chi connectivity index (χ0n) is 12.8. The van der Waals surface area contributed by atoms with Gasteiger partial charge in [0.1, 0.15) is 17.5 Å². The molecule has 1 rings (SSSR count). The predicted molar refractivity (Wildman–Crippen MR) is 81.7 cm³/mol. The third-order valence-electron chi connectivity index (χ3n) is 3.04. The summed E-state index contributed by atoms with van der Waals surface area (Å²) in [6.07, 6.45) is 2.34. The average Bonchev–Trinajstić information content (AvgIpc) is 2.34. The standard InChI is InChI=1S/C14H27N5/c1-6-7-8-19(5)13-9-12(16-11(2)17-13)18-14(3,4)10-15/h9H,6-8,10,15H2,1-5H3,(H,16,17,18). The van der Waals surface area contributed by atoms with E-state index in [4.69, 9.17) is 5.73 Å². The zero-order chi connectivity index (χ0) is 14.5. The maximum absolute atomic E-state index is 5.74. The Morgan fingerprint density at radius 3 is 2.63 bits per heavy atom. The van der Waals surface area contributed by atoms with Crippen LogP contribution in [-0.4, -0.2) is 35.6 Å². The highest BCUT2D eigenvalue weighted by molar-refractivity contribution is 5.50. The topological polar surface area (TPSA) is 67.1 Å². The van der Waals surface area contributed by atoms with Gasteiger partial charge in [-0.1, -0.05) is 13.3 Å². The summed E-state index contributed by atoms with van der Waals surface area (Å²) in [4.78, 5) is 11.1. The van der Waals surface area contributed by atoms with Crippen molar-refractivity contribution in [1.29, 1.82) is 0 Å². The van der Waals surface area contributed by atoms with Gasteiger partial charge in [-0.2, -0.15) is 0 Å². The summed E-state index contributed by atoms with van der Waals surface area (Å²) in [5.41, 5.74) is 5.57. The Balaban J connectivity index is 2.87. The molecule has 0 atom stereocenters. The lowest BCUT2D eigenvalue weighted by Crippen LogP contribution is -2.39. The van der Waals surface area contributed by atoms with E-state index in [1.54, 1.807) is 0 Å². The molecule has 0 saturated heterocycles. The number of nitrogens with zero attached hydrogens (tertiary/aromatic N) is 3. The van der Waals surface area contributed by atoms with Gasteiger partial charge in [-0.15, -0.1) is 0 Å². The second-order valence-corrected chi connectivity index (χ2v) is 5.65. The molecule has 5 heteroatoms. The third-order valence-corrected chi connectivity index (χ3v) is 3.04. The fraction of sp³-hybridized carbons (Fsp3) is 0.714. The third kappa shape index (κ3) is 5.03. The number of nitrogens with one attached hydrogen (secondary N) is 1. The van der Waals surface area contributed by atoms with Gasteiger partial charge in [0, 0.05) is 31.7 Å². The lowest BCUT2D eigenvalue weighted by molar-refractivity contribution is 0.576. The summed E-state index contributed by atoms with van der Waals surface area (Å²) in [6, 6.07) is 1.99. The van der Waals surface area contributed by atoms with Crippen LogP contribution in [0.25, 0.3) is 0 Å². The quantitative estimate of drug-likeness (QED) is 0.791. The van der Waals surface area contributed by atoms with Gasteiger partial charge in [-0.3, -0.25) is 0 Å². The molecule has 0 fully saturated rings. The van der Waals surface area contributed by atoms with Crippen LogP contribution in [0.4, 0.5) is 11.6 Å². The molecule has 0 aliphatic carbocycles. The van der Waals surface area contributed by atoms with E-state index in [1.165, 1.54) is 6.42 Å². The van der Waals surface area contributed by atoms with E-state index >= 15 is 0 Å². The lowest BCUT2D eigenvalue weighted by Gasteiger charge is -2.26. The molecule has 0 unspecified atom stereocenters. The van der Waals surface area contributed by atoms with Crippen LogP contribution in [0.15, 0.2) is 6.07 Å².